The van der Waals surface area contributed by atoms with Crippen molar-refractivity contribution >= 4 is 0 Å². The van der Waals surface area contributed by atoms with Crippen molar-refractivity contribution in [1.82, 2.24) is 0 Å². The third-order valence-electron chi connectivity index (χ3n) is 1.60. The minimum absolute atomic E-state index is 0. The fourth-order valence-corrected chi connectivity index (χ4v) is 0.957. The maximum Gasteiger partial charge on any atom is 0 e. The molecule has 0 unspecified atom stereocenters. The van der Waals surface area contributed by atoms with Gasteiger partial charge in [0.05, 0.1) is 0 Å². The van der Waals surface area contributed by atoms with E-state index in [1.165, 1.54) is 38.5 Å². The third kappa shape index (κ3) is 11.5. The van der Waals surface area contributed by atoms with E-state index in [2.05, 4.69) is 13.8 Å². The van der Waals surface area contributed by atoms with Crippen LogP contribution in [0.25, 0.3) is 0 Å². The molecule has 1 heteroatoms. The van der Waals surface area contributed by atoms with Crippen LogP contribution in [0, 0.1) is 6.92 Å². The minimum atomic E-state index is 0. The van der Waals surface area contributed by atoms with Crippen molar-refractivity contribution in [2.75, 3.05) is 0 Å². The van der Waals surface area contributed by atoms with E-state index in [1.54, 1.807) is 0 Å². The summed E-state index contributed by atoms with van der Waals surface area (Å²) in [5, 5.41) is 0. The van der Waals surface area contributed by atoms with Crippen molar-refractivity contribution < 1.29 is 20.4 Å². The summed E-state index contributed by atoms with van der Waals surface area (Å²) in [6, 6.07) is 0. The number of hydrogen-bond donors (Lipinski definition) is 0. The Balaban J connectivity index is 0. The van der Waals surface area contributed by atoms with E-state index >= 15 is 0 Å². The Kier molecular flexibility index (Phi) is 16.4. The molecule has 0 aliphatic carbocycles. The molecule has 0 heterocycles. The molecule has 0 radical (unpaired) electrons. The molecule has 0 rings (SSSR count). The summed E-state index contributed by atoms with van der Waals surface area (Å²) >= 11 is 0. The minimum Gasteiger partial charge on any atom is -0.343 e. The zero-order valence-electron chi connectivity index (χ0n) is 6.97. The van der Waals surface area contributed by atoms with Crippen molar-refractivity contribution in [3.8, 4) is 0 Å². The maximum absolute atomic E-state index is 3.80. The fraction of sp³-hybridized carbons (Fsp3) is 0.889. The van der Waals surface area contributed by atoms with Gasteiger partial charge >= 0.3 is 0 Å². The smallest absolute Gasteiger partial charge is 0 e. The SMILES string of the molecule is [CH2-]CCCCCCCC.[Pd]. The van der Waals surface area contributed by atoms with E-state index in [4.69, 9.17) is 0 Å². The van der Waals surface area contributed by atoms with Crippen LogP contribution in [0.1, 0.15) is 51.9 Å². The van der Waals surface area contributed by atoms with Gasteiger partial charge in [-0.1, -0.05) is 45.4 Å². The monoisotopic (exact) mass is 233 g/mol. The summed E-state index contributed by atoms with van der Waals surface area (Å²) in [4.78, 5) is 0. The maximum atomic E-state index is 3.80. The predicted molar refractivity (Wildman–Crippen MR) is 43.4 cm³/mol. The molecule has 66 valence electrons. The molecule has 0 nitrogen and oxygen atoms in total. The summed E-state index contributed by atoms with van der Waals surface area (Å²) in [6.45, 7) is 6.05. The second-order valence-electron chi connectivity index (χ2n) is 2.62. The second-order valence-corrected chi connectivity index (χ2v) is 2.62. The average Bonchev–Trinajstić information content (AvgIpc) is 1.89. The van der Waals surface area contributed by atoms with Crippen molar-refractivity contribution in [1.29, 1.82) is 0 Å². The molecule has 0 atom stereocenters. The molecule has 0 aliphatic heterocycles. The van der Waals surface area contributed by atoms with Gasteiger partial charge in [0.25, 0.3) is 0 Å². The van der Waals surface area contributed by atoms with Crippen LogP contribution in [-0.2, 0) is 20.4 Å². The topological polar surface area (TPSA) is 0 Å². The molecule has 0 N–H and O–H groups in total. The van der Waals surface area contributed by atoms with Gasteiger partial charge in [-0.15, -0.1) is 0 Å². The molecule has 0 spiro atoms. The zero-order valence-corrected chi connectivity index (χ0v) is 8.53. The summed E-state index contributed by atoms with van der Waals surface area (Å²) in [6.07, 6.45) is 9.45. The molecule has 10 heavy (non-hydrogen) atoms. The molecule has 0 fully saturated rings. The van der Waals surface area contributed by atoms with Crippen LogP contribution in [0.4, 0.5) is 0 Å². The Morgan fingerprint density at radius 1 is 0.900 bits per heavy atom. The molecule has 0 amide bonds. The van der Waals surface area contributed by atoms with Gasteiger partial charge in [0.15, 0.2) is 0 Å². The summed E-state index contributed by atoms with van der Waals surface area (Å²) in [5.41, 5.74) is 0. The summed E-state index contributed by atoms with van der Waals surface area (Å²) in [5.74, 6) is 0. The van der Waals surface area contributed by atoms with E-state index in [9.17, 15) is 0 Å². The normalized spacial score (nSPS) is 9.00. The third-order valence-corrected chi connectivity index (χ3v) is 1.60. The quantitative estimate of drug-likeness (QED) is 0.374. The van der Waals surface area contributed by atoms with Gasteiger partial charge in [-0.05, 0) is 0 Å². The number of rotatable bonds is 6. The van der Waals surface area contributed by atoms with Crippen molar-refractivity contribution in [3.05, 3.63) is 6.92 Å². The van der Waals surface area contributed by atoms with Gasteiger partial charge in [-0.25, -0.2) is 0 Å². The zero-order chi connectivity index (χ0) is 6.95. The molecular weight excluding hydrogens is 215 g/mol. The van der Waals surface area contributed by atoms with Crippen LogP contribution in [0.2, 0.25) is 0 Å². The van der Waals surface area contributed by atoms with Crippen molar-refractivity contribution in [3.63, 3.8) is 0 Å². The van der Waals surface area contributed by atoms with Crippen LogP contribution in [0.5, 0.6) is 0 Å². The Labute approximate surface area is 79.4 Å². The van der Waals surface area contributed by atoms with Crippen molar-refractivity contribution in [2.24, 2.45) is 0 Å². The first-order valence-electron chi connectivity index (χ1n) is 4.21. The van der Waals surface area contributed by atoms with Crippen LogP contribution in [0.3, 0.4) is 0 Å². The standard InChI is InChI=1S/C9H19.Pd/c1-3-5-7-9-8-6-4-2;/h1,3-9H2,2H3;/q-1;. The second kappa shape index (κ2) is 12.3. The first kappa shape index (κ1) is 13.3. The van der Waals surface area contributed by atoms with Crippen LogP contribution >= 0.6 is 0 Å². The molecule has 0 saturated carbocycles. The van der Waals surface area contributed by atoms with Crippen LogP contribution < -0.4 is 0 Å². The Hall–Kier alpha value is 0.662. The summed E-state index contributed by atoms with van der Waals surface area (Å²) < 4.78 is 0. The van der Waals surface area contributed by atoms with E-state index in [0.29, 0.717) is 0 Å². The van der Waals surface area contributed by atoms with Gasteiger partial charge in [-0.2, -0.15) is 6.42 Å². The van der Waals surface area contributed by atoms with Gasteiger partial charge < -0.3 is 6.92 Å². The number of hydrogen-bond acceptors (Lipinski definition) is 0. The Morgan fingerprint density at radius 3 is 1.90 bits per heavy atom. The van der Waals surface area contributed by atoms with E-state index in [1.807, 2.05) is 0 Å². The largest absolute Gasteiger partial charge is 0.343 e. The molecule has 0 aliphatic rings. The first-order valence-corrected chi connectivity index (χ1v) is 4.21. The van der Waals surface area contributed by atoms with Gasteiger partial charge in [0.2, 0.25) is 0 Å². The Morgan fingerprint density at radius 2 is 1.40 bits per heavy atom. The van der Waals surface area contributed by atoms with Gasteiger partial charge in [0.1, 0.15) is 0 Å². The van der Waals surface area contributed by atoms with E-state index in [0.717, 1.165) is 6.42 Å². The fourth-order valence-electron chi connectivity index (χ4n) is 0.957. The molecule has 0 aromatic carbocycles. The Bertz CT molecular complexity index is 38.0. The van der Waals surface area contributed by atoms with Gasteiger partial charge in [0, 0.05) is 20.4 Å². The molecule has 0 aromatic rings. The molecule has 0 saturated heterocycles. The van der Waals surface area contributed by atoms with E-state index < -0.39 is 0 Å². The number of unbranched alkanes of at least 4 members (excludes halogenated alkanes) is 6. The first-order chi connectivity index (χ1) is 4.41. The average molecular weight is 234 g/mol. The molecular formula is C9H19Pd-. The van der Waals surface area contributed by atoms with Crippen LogP contribution in [0.15, 0.2) is 0 Å². The van der Waals surface area contributed by atoms with E-state index in [-0.39, 0.29) is 20.4 Å². The molecule has 0 aromatic heterocycles. The molecule has 0 bridgehead atoms. The van der Waals surface area contributed by atoms with Gasteiger partial charge in [-0.3, -0.25) is 0 Å². The van der Waals surface area contributed by atoms with Crippen molar-refractivity contribution in [2.45, 2.75) is 51.9 Å². The predicted octanol–water partition coefficient (Wildman–Crippen LogP) is 3.57. The van der Waals surface area contributed by atoms with Crippen LogP contribution in [-0.4, -0.2) is 0 Å². The summed E-state index contributed by atoms with van der Waals surface area (Å²) in [7, 11) is 0.